The lowest BCUT2D eigenvalue weighted by atomic mass is 10.1. The van der Waals surface area contributed by atoms with Crippen molar-refractivity contribution < 1.29 is 14.3 Å². The van der Waals surface area contributed by atoms with Crippen LogP contribution in [0.15, 0.2) is 18.2 Å². The van der Waals surface area contributed by atoms with Crippen LogP contribution in [0.1, 0.15) is 29.6 Å². The Kier molecular flexibility index (Phi) is 3.81. The van der Waals surface area contributed by atoms with Crippen LogP contribution in [-0.2, 0) is 0 Å². The van der Waals surface area contributed by atoms with Crippen LogP contribution in [0.4, 0.5) is 10.1 Å². The number of carbonyl (C=O) groups is 1. The van der Waals surface area contributed by atoms with Gasteiger partial charge in [0.25, 0.3) is 5.91 Å². The van der Waals surface area contributed by atoms with Crippen molar-refractivity contribution in [1.82, 2.24) is 5.32 Å². The van der Waals surface area contributed by atoms with Crippen molar-refractivity contribution in [1.29, 1.82) is 0 Å². The summed E-state index contributed by atoms with van der Waals surface area (Å²) in [6, 6.07) is 4.15. The predicted molar refractivity (Wildman–Crippen MR) is 66.5 cm³/mol. The molecule has 1 fully saturated rings. The lowest BCUT2D eigenvalue weighted by molar-refractivity contribution is 0.0917. The molecule has 0 heterocycles. The number of hydrogen-bond acceptors (Lipinski definition) is 3. The third kappa shape index (κ3) is 2.61. The third-order valence-corrected chi connectivity index (χ3v) is 3.44. The van der Waals surface area contributed by atoms with Crippen molar-refractivity contribution in [2.75, 3.05) is 12.3 Å². The molecule has 1 saturated carbocycles. The molecule has 0 radical (unpaired) electrons. The first kappa shape index (κ1) is 12.8. The van der Waals surface area contributed by atoms with Gasteiger partial charge in [-0.2, -0.15) is 0 Å². The van der Waals surface area contributed by atoms with E-state index in [9.17, 15) is 14.3 Å². The Morgan fingerprint density at radius 2 is 2.28 bits per heavy atom. The fraction of sp³-hybridized carbons (Fsp3) is 0.462. The van der Waals surface area contributed by atoms with Crippen molar-refractivity contribution in [3.8, 4) is 0 Å². The van der Waals surface area contributed by atoms with Gasteiger partial charge < -0.3 is 16.2 Å². The summed E-state index contributed by atoms with van der Waals surface area (Å²) >= 11 is 0. The average Bonchev–Trinajstić information content (AvgIpc) is 2.75. The molecule has 0 bridgehead atoms. The number of nitrogens with one attached hydrogen (secondary N) is 1. The first-order valence-corrected chi connectivity index (χ1v) is 6.10. The number of amides is 1. The molecule has 98 valence electrons. The highest BCUT2D eigenvalue weighted by atomic mass is 19.1. The Morgan fingerprint density at radius 3 is 2.94 bits per heavy atom. The van der Waals surface area contributed by atoms with Crippen LogP contribution in [0.5, 0.6) is 0 Å². The highest BCUT2D eigenvalue weighted by Gasteiger charge is 2.25. The van der Waals surface area contributed by atoms with E-state index in [-0.39, 0.29) is 23.3 Å². The molecule has 1 aliphatic rings. The van der Waals surface area contributed by atoms with Crippen LogP contribution in [0.3, 0.4) is 0 Å². The molecule has 0 spiro atoms. The maximum atomic E-state index is 13.2. The minimum Gasteiger partial charge on any atom is -0.396 e. The zero-order valence-corrected chi connectivity index (χ0v) is 10.0. The van der Waals surface area contributed by atoms with E-state index in [0.29, 0.717) is 6.54 Å². The second kappa shape index (κ2) is 5.35. The van der Waals surface area contributed by atoms with E-state index in [2.05, 4.69) is 5.32 Å². The van der Waals surface area contributed by atoms with Crippen molar-refractivity contribution in [2.45, 2.75) is 25.4 Å². The van der Waals surface area contributed by atoms with Gasteiger partial charge in [-0.05, 0) is 25.0 Å². The molecule has 1 aromatic rings. The van der Waals surface area contributed by atoms with Crippen LogP contribution in [0, 0.1) is 11.7 Å². The molecule has 0 aromatic heterocycles. The predicted octanol–water partition coefficient (Wildman–Crippen LogP) is 1.30. The maximum Gasteiger partial charge on any atom is 0.253 e. The average molecular weight is 252 g/mol. The summed E-state index contributed by atoms with van der Waals surface area (Å²) in [4.78, 5) is 11.8. The Balaban J connectivity index is 1.97. The number of nitrogens with two attached hydrogens (primary N) is 1. The molecule has 1 amide bonds. The van der Waals surface area contributed by atoms with Gasteiger partial charge in [-0.25, -0.2) is 4.39 Å². The van der Waals surface area contributed by atoms with Gasteiger partial charge in [0.05, 0.1) is 17.4 Å². The smallest absolute Gasteiger partial charge is 0.253 e. The van der Waals surface area contributed by atoms with Gasteiger partial charge in [0.15, 0.2) is 0 Å². The standard InChI is InChI=1S/C13H17FN2O2/c14-10-5-2-4-9(12(10)15)13(18)16-7-8-3-1-6-11(8)17/h2,4-5,8,11,17H,1,3,6-7,15H2,(H,16,18). The Hall–Kier alpha value is -1.62. The van der Waals surface area contributed by atoms with Crippen molar-refractivity contribution >= 4 is 11.6 Å². The Morgan fingerprint density at radius 1 is 1.50 bits per heavy atom. The first-order valence-electron chi connectivity index (χ1n) is 6.10. The maximum absolute atomic E-state index is 13.2. The van der Waals surface area contributed by atoms with Gasteiger partial charge in [-0.3, -0.25) is 4.79 Å². The fourth-order valence-corrected chi connectivity index (χ4v) is 2.31. The number of nitrogen functional groups attached to an aromatic ring is 1. The van der Waals surface area contributed by atoms with Gasteiger partial charge in [0.2, 0.25) is 0 Å². The highest BCUT2D eigenvalue weighted by molar-refractivity contribution is 5.99. The molecular weight excluding hydrogens is 235 g/mol. The number of benzene rings is 1. The lowest BCUT2D eigenvalue weighted by Gasteiger charge is -2.15. The molecule has 2 atom stereocenters. The lowest BCUT2D eigenvalue weighted by Crippen LogP contribution is -2.32. The number of para-hydroxylation sites is 1. The summed E-state index contributed by atoms with van der Waals surface area (Å²) < 4.78 is 13.2. The number of anilines is 1. The van der Waals surface area contributed by atoms with Crippen LogP contribution in [0.2, 0.25) is 0 Å². The van der Waals surface area contributed by atoms with Crippen molar-refractivity contribution in [3.63, 3.8) is 0 Å². The molecule has 1 aliphatic carbocycles. The molecule has 4 nitrogen and oxygen atoms in total. The summed E-state index contributed by atoms with van der Waals surface area (Å²) in [5.74, 6) is -0.904. The Bertz CT molecular complexity index is 451. The quantitative estimate of drug-likeness (QED) is 0.710. The highest BCUT2D eigenvalue weighted by Crippen LogP contribution is 2.25. The fourth-order valence-electron chi connectivity index (χ4n) is 2.31. The van der Waals surface area contributed by atoms with Gasteiger partial charge >= 0.3 is 0 Å². The van der Waals surface area contributed by atoms with Gasteiger partial charge in [0.1, 0.15) is 5.82 Å². The van der Waals surface area contributed by atoms with E-state index < -0.39 is 11.7 Å². The minimum absolute atomic E-state index is 0.0868. The van der Waals surface area contributed by atoms with E-state index in [4.69, 9.17) is 5.73 Å². The van der Waals surface area contributed by atoms with Gasteiger partial charge in [-0.15, -0.1) is 0 Å². The van der Waals surface area contributed by atoms with Crippen LogP contribution in [0.25, 0.3) is 0 Å². The zero-order chi connectivity index (χ0) is 13.1. The topological polar surface area (TPSA) is 75.4 Å². The molecular formula is C13H17FN2O2. The van der Waals surface area contributed by atoms with Crippen molar-refractivity contribution in [2.24, 2.45) is 5.92 Å². The molecule has 5 heteroatoms. The molecule has 0 aliphatic heterocycles. The number of halogens is 1. The SMILES string of the molecule is Nc1c(F)cccc1C(=O)NCC1CCCC1O. The third-order valence-electron chi connectivity index (χ3n) is 3.44. The van der Waals surface area contributed by atoms with Crippen LogP contribution >= 0.6 is 0 Å². The van der Waals surface area contributed by atoms with Crippen molar-refractivity contribution in [3.05, 3.63) is 29.6 Å². The number of aliphatic hydroxyl groups is 1. The molecule has 2 unspecified atom stereocenters. The number of hydrogen-bond donors (Lipinski definition) is 3. The number of rotatable bonds is 3. The molecule has 2 rings (SSSR count). The van der Waals surface area contributed by atoms with E-state index >= 15 is 0 Å². The monoisotopic (exact) mass is 252 g/mol. The van der Waals surface area contributed by atoms with Gasteiger partial charge in [0, 0.05) is 12.5 Å². The normalized spacial score (nSPS) is 23.0. The summed E-state index contributed by atoms with van der Waals surface area (Å²) in [7, 11) is 0. The first-order chi connectivity index (χ1) is 8.59. The summed E-state index contributed by atoms with van der Waals surface area (Å²) in [6.07, 6.45) is 2.31. The Labute approximate surface area is 105 Å². The van der Waals surface area contributed by atoms with Gasteiger partial charge in [-0.1, -0.05) is 12.5 Å². The van der Waals surface area contributed by atoms with E-state index in [1.54, 1.807) is 0 Å². The number of carbonyl (C=O) groups excluding carboxylic acids is 1. The largest absolute Gasteiger partial charge is 0.396 e. The molecule has 0 saturated heterocycles. The summed E-state index contributed by atoms with van der Waals surface area (Å²) in [6.45, 7) is 0.399. The zero-order valence-electron chi connectivity index (χ0n) is 10.0. The second-order valence-electron chi connectivity index (χ2n) is 4.67. The summed E-state index contributed by atoms with van der Waals surface area (Å²) in [5, 5.41) is 12.3. The number of aliphatic hydroxyl groups excluding tert-OH is 1. The molecule has 4 N–H and O–H groups in total. The second-order valence-corrected chi connectivity index (χ2v) is 4.67. The molecule has 1 aromatic carbocycles. The van der Waals surface area contributed by atoms with E-state index in [1.165, 1.54) is 18.2 Å². The molecule has 18 heavy (non-hydrogen) atoms. The van der Waals surface area contributed by atoms with E-state index in [0.717, 1.165) is 19.3 Å². The van der Waals surface area contributed by atoms with Crippen LogP contribution < -0.4 is 11.1 Å². The minimum atomic E-state index is -0.594. The van der Waals surface area contributed by atoms with Crippen LogP contribution in [-0.4, -0.2) is 23.7 Å². The van der Waals surface area contributed by atoms with E-state index in [1.807, 2.05) is 0 Å². The summed E-state index contributed by atoms with van der Waals surface area (Å²) in [5.41, 5.74) is 5.51.